The smallest absolute Gasteiger partial charge is 0.125 e. The summed E-state index contributed by atoms with van der Waals surface area (Å²) in [6.07, 6.45) is 0. The fourth-order valence-electron chi connectivity index (χ4n) is 3.30. The molecule has 0 unspecified atom stereocenters. The second-order valence-electron chi connectivity index (χ2n) is 6.37. The summed E-state index contributed by atoms with van der Waals surface area (Å²) in [4.78, 5) is 0. The topological polar surface area (TPSA) is 12.4 Å². The first-order chi connectivity index (χ1) is 13.7. The number of nitrogens with zero attached hydrogens (tertiary/aromatic N) is 1. The Labute approximate surface area is 163 Å². The lowest BCUT2D eigenvalue weighted by molar-refractivity contribution is 0.628. The monoisotopic (exact) mass is 389 g/mol. The van der Waals surface area contributed by atoms with Crippen molar-refractivity contribution >= 4 is 28.7 Å². The maximum atomic E-state index is 14.2. The SMILES string of the molecule is Fc1cccc(N=P(c2ccccc2)(c2ccccc2)c2cccc(F)c2)c1. The summed E-state index contributed by atoms with van der Waals surface area (Å²) in [5.74, 6) is -0.664. The second-order valence-corrected chi connectivity index (χ2v) is 9.39. The molecular weight excluding hydrogens is 371 g/mol. The van der Waals surface area contributed by atoms with Crippen LogP contribution in [0.3, 0.4) is 0 Å². The zero-order chi connectivity index (χ0) is 19.4. The predicted octanol–water partition coefficient (Wildman–Crippen LogP) is 5.77. The van der Waals surface area contributed by atoms with Crippen molar-refractivity contribution < 1.29 is 8.78 Å². The molecule has 0 aliphatic heterocycles. The van der Waals surface area contributed by atoms with Gasteiger partial charge in [0.15, 0.2) is 0 Å². The van der Waals surface area contributed by atoms with Crippen LogP contribution < -0.4 is 15.9 Å². The summed E-state index contributed by atoms with van der Waals surface area (Å²) in [6.45, 7) is 0. The molecule has 0 aliphatic carbocycles. The Bertz CT molecular complexity index is 1100. The third-order valence-corrected chi connectivity index (χ3v) is 8.16. The molecule has 0 fully saturated rings. The minimum Gasteiger partial charge on any atom is -0.254 e. The van der Waals surface area contributed by atoms with Crippen LogP contribution in [0.15, 0.2) is 114 Å². The number of benzene rings is 4. The predicted molar refractivity (Wildman–Crippen MR) is 114 cm³/mol. The average molecular weight is 389 g/mol. The molecule has 4 rings (SSSR count). The highest BCUT2D eigenvalue weighted by Gasteiger charge is 2.27. The van der Waals surface area contributed by atoms with Gasteiger partial charge in [-0.3, -0.25) is 4.74 Å². The van der Waals surface area contributed by atoms with Crippen molar-refractivity contribution in [3.8, 4) is 0 Å². The Morgan fingerprint density at radius 1 is 0.500 bits per heavy atom. The summed E-state index contributed by atoms with van der Waals surface area (Å²) in [7, 11) is -2.60. The van der Waals surface area contributed by atoms with Crippen LogP contribution in [-0.4, -0.2) is 0 Å². The van der Waals surface area contributed by atoms with Gasteiger partial charge in [0.2, 0.25) is 0 Å². The largest absolute Gasteiger partial charge is 0.254 e. The Balaban J connectivity index is 2.15. The van der Waals surface area contributed by atoms with E-state index >= 15 is 0 Å². The molecule has 0 atom stereocenters. The van der Waals surface area contributed by atoms with Crippen molar-refractivity contribution in [3.63, 3.8) is 0 Å². The van der Waals surface area contributed by atoms with Gasteiger partial charge in [-0.15, -0.1) is 0 Å². The number of hydrogen-bond donors (Lipinski definition) is 0. The van der Waals surface area contributed by atoms with Crippen molar-refractivity contribution in [2.24, 2.45) is 4.74 Å². The normalized spacial score (nSPS) is 11.2. The Kier molecular flexibility index (Phi) is 5.18. The molecule has 138 valence electrons. The van der Waals surface area contributed by atoms with E-state index in [0.717, 1.165) is 15.9 Å². The van der Waals surface area contributed by atoms with Crippen LogP contribution in [0, 0.1) is 11.6 Å². The molecule has 0 radical (unpaired) electrons. The molecule has 0 N–H and O–H groups in total. The minimum atomic E-state index is -2.60. The number of rotatable bonds is 4. The summed E-state index contributed by atoms with van der Waals surface area (Å²) < 4.78 is 33.3. The van der Waals surface area contributed by atoms with E-state index in [9.17, 15) is 8.78 Å². The maximum absolute atomic E-state index is 14.2. The fraction of sp³-hybridized carbons (Fsp3) is 0. The van der Waals surface area contributed by atoms with Gasteiger partial charge in [0.1, 0.15) is 11.6 Å². The van der Waals surface area contributed by atoms with Gasteiger partial charge in [-0.25, -0.2) is 8.78 Å². The van der Waals surface area contributed by atoms with E-state index < -0.39 is 7.05 Å². The highest BCUT2D eigenvalue weighted by molar-refractivity contribution is 7.87. The molecule has 4 aromatic carbocycles. The molecule has 1 nitrogen and oxygen atoms in total. The van der Waals surface area contributed by atoms with E-state index in [2.05, 4.69) is 0 Å². The molecule has 0 heterocycles. The van der Waals surface area contributed by atoms with Gasteiger partial charge >= 0.3 is 0 Å². The van der Waals surface area contributed by atoms with Crippen LogP contribution >= 0.6 is 7.05 Å². The Morgan fingerprint density at radius 3 is 1.54 bits per heavy atom. The fourth-order valence-corrected chi connectivity index (χ4v) is 6.83. The van der Waals surface area contributed by atoms with Gasteiger partial charge < -0.3 is 0 Å². The third kappa shape index (κ3) is 3.54. The van der Waals surface area contributed by atoms with Crippen LogP contribution in [0.2, 0.25) is 0 Å². The molecule has 0 saturated carbocycles. The van der Waals surface area contributed by atoms with Crippen molar-refractivity contribution in [2.45, 2.75) is 0 Å². The summed E-state index contributed by atoms with van der Waals surface area (Å²) >= 11 is 0. The first kappa shape index (κ1) is 18.3. The summed E-state index contributed by atoms with van der Waals surface area (Å²) in [5, 5.41) is 2.75. The molecule has 0 amide bonds. The standard InChI is InChI=1S/C24H18F2NP/c25-19-9-7-11-21(17-19)27-28(22-12-3-1-4-13-22,23-14-5-2-6-15-23)24-16-8-10-20(26)18-24/h1-18H. The van der Waals surface area contributed by atoms with E-state index in [1.807, 2.05) is 66.7 Å². The van der Waals surface area contributed by atoms with Crippen molar-refractivity contribution in [1.29, 1.82) is 0 Å². The van der Waals surface area contributed by atoms with Crippen LogP contribution in [-0.2, 0) is 0 Å². The van der Waals surface area contributed by atoms with E-state index in [4.69, 9.17) is 4.74 Å². The van der Waals surface area contributed by atoms with Crippen molar-refractivity contribution in [1.82, 2.24) is 0 Å². The first-order valence-electron chi connectivity index (χ1n) is 8.94. The van der Waals surface area contributed by atoms with Gasteiger partial charge in [-0.2, -0.15) is 0 Å². The van der Waals surface area contributed by atoms with Crippen molar-refractivity contribution in [3.05, 3.63) is 121 Å². The molecule has 0 bridgehead atoms. The molecule has 4 heteroatoms. The van der Waals surface area contributed by atoms with E-state index in [1.165, 1.54) is 24.3 Å². The molecule has 0 aromatic heterocycles. The lowest BCUT2D eigenvalue weighted by Crippen LogP contribution is -2.25. The van der Waals surface area contributed by atoms with E-state index in [1.54, 1.807) is 18.2 Å². The quantitative estimate of drug-likeness (QED) is 0.393. The van der Waals surface area contributed by atoms with Gasteiger partial charge in [-0.1, -0.05) is 78.9 Å². The van der Waals surface area contributed by atoms with E-state index in [0.29, 0.717) is 5.69 Å². The zero-order valence-corrected chi connectivity index (χ0v) is 15.9. The lowest BCUT2D eigenvalue weighted by atomic mass is 10.3. The van der Waals surface area contributed by atoms with Crippen LogP contribution in [0.25, 0.3) is 0 Å². The highest BCUT2D eigenvalue weighted by Crippen LogP contribution is 2.49. The second kappa shape index (κ2) is 7.92. The van der Waals surface area contributed by atoms with Crippen LogP contribution in [0.4, 0.5) is 14.5 Å². The summed E-state index contributed by atoms with van der Waals surface area (Å²) in [6, 6.07) is 32.5. The van der Waals surface area contributed by atoms with Crippen LogP contribution in [0.5, 0.6) is 0 Å². The Hall–Kier alpha value is -3.03. The molecule has 0 spiro atoms. The number of hydrogen-bond acceptors (Lipinski definition) is 1. The molecular formula is C24H18F2NP. The minimum absolute atomic E-state index is 0.317. The third-order valence-electron chi connectivity index (χ3n) is 4.52. The molecule has 0 aliphatic rings. The Morgan fingerprint density at radius 2 is 1.00 bits per heavy atom. The van der Waals surface area contributed by atoms with Crippen LogP contribution in [0.1, 0.15) is 0 Å². The van der Waals surface area contributed by atoms with Crippen molar-refractivity contribution in [2.75, 3.05) is 0 Å². The van der Waals surface area contributed by atoms with E-state index in [-0.39, 0.29) is 11.6 Å². The van der Waals surface area contributed by atoms with Gasteiger partial charge in [0, 0.05) is 15.9 Å². The highest BCUT2D eigenvalue weighted by atomic mass is 31.2. The van der Waals surface area contributed by atoms with Gasteiger partial charge in [0.25, 0.3) is 0 Å². The number of halogens is 2. The molecule has 28 heavy (non-hydrogen) atoms. The van der Waals surface area contributed by atoms with Gasteiger partial charge in [0.05, 0.1) is 12.7 Å². The first-order valence-corrected chi connectivity index (χ1v) is 10.7. The lowest BCUT2D eigenvalue weighted by Gasteiger charge is -2.27. The maximum Gasteiger partial charge on any atom is 0.125 e. The molecule has 0 saturated heterocycles. The zero-order valence-electron chi connectivity index (χ0n) is 15.0. The van der Waals surface area contributed by atoms with Gasteiger partial charge in [-0.05, 0) is 30.3 Å². The molecule has 4 aromatic rings. The summed E-state index contributed by atoms with van der Waals surface area (Å²) in [5.41, 5.74) is 0.533. The average Bonchev–Trinajstić information content (AvgIpc) is 2.73.